The molecule has 0 saturated heterocycles. The number of hydrogen-bond donors (Lipinski definition) is 4. The van der Waals surface area contributed by atoms with Gasteiger partial charge in [0.25, 0.3) is 5.56 Å². The van der Waals surface area contributed by atoms with Crippen molar-refractivity contribution in [2.45, 2.75) is 13.1 Å². The molecule has 10 heteroatoms. The van der Waals surface area contributed by atoms with Gasteiger partial charge in [0.1, 0.15) is 16.9 Å². The van der Waals surface area contributed by atoms with Crippen LogP contribution in [0.1, 0.15) is 31.8 Å². The lowest BCUT2D eigenvalue weighted by molar-refractivity contribution is -0.138. The summed E-state index contributed by atoms with van der Waals surface area (Å²) in [5.74, 6) is -4.15. The normalized spacial score (nSPS) is 11.4. The number of aryl methyl sites for hydroxylation is 1. The van der Waals surface area contributed by atoms with Crippen LogP contribution in [0.4, 0.5) is 19.0 Å². The minimum atomic E-state index is -4.75. The average Bonchev–Trinajstić information content (AvgIpc) is 2.44. The fourth-order valence-electron chi connectivity index (χ4n) is 2.42. The minimum absolute atomic E-state index is 0.150. The molecule has 0 radical (unpaired) electrons. The molecular formula is C15H11F3N2O5. The van der Waals surface area contributed by atoms with Crippen molar-refractivity contribution in [1.29, 1.82) is 0 Å². The third kappa shape index (κ3) is 3.18. The van der Waals surface area contributed by atoms with Crippen molar-refractivity contribution in [2.24, 2.45) is 0 Å². The van der Waals surface area contributed by atoms with Crippen LogP contribution in [0.25, 0.3) is 11.1 Å². The lowest BCUT2D eigenvalue weighted by Crippen LogP contribution is -2.24. The molecule has 25 heavy (non-hydrogen) atoms. The summed E-state index contributed by atoms with van der Waals surface area (Å²) >= 11 is 0. The van der Waals surface area contributed by atoms with Gasteiger partial charge in [-0.1, -0.05) is 12.1 Å². The number of carboxylic acids is 2. The number of aromatic nitrogens is 1. The van der Waals surface area contributed by atoms with Crippen LogP contribution in [0.2, 0.25) is 0 Å². The Bertz CT molecular complexity index is 947. The summed E-state index contributed by atoms with van der Waals surface area (Å²) in [7, 11) is 0. The first-order chi connectivity index (χ1) is 11.4. The zero-order valence-corrected chi connectivity index (χ0v) is 12.6. The molecule has 0 bridgehead atoms. The van der Waals surface area contributed by atoms with E-state index in [0.29, 0.717) is 6.07 Å². The van der Waals surface area contributed by atoms with Gasteiger partial charge in [-0.2, -0.15) is 13.2 Å². The van der Waals surface area contributed by atoms with Crippen LogP contribution in [0.5, 0.6) is 0 Å². The Labute approximate surface area is 137 Å². The molecule has 2 aromatic rings. The van der Waals surface area contributed by atoms with E-state index in [2.05, 4.69) is 0 Å². The molecule has 0 amide bonds. The Morgan fingerprint density at radius 1 is 1.12 bits per heavy atom. The van der Waals surface area contributed by atoms with Gasteiger partial charge in [0, 0.05) is 5.56 Å². The predicted molar refractivity (Wildman–Crippen MR) is 80.6 cm³/mol. The maximum Gasteiger partial charge on any atom is 0.416 e. The highest BCUT2D eigenvalue weighted by Gasteiger charge is 2.34. The summed E-state index contributed by atoms with van der Waals surface area (Å²) in [6, 6.07) is 2.73. The van der Waals surface area contributed by atoms with Crippen molar-refractivity contribution in [2.75, 3.05) is 5.73 Å². The Hall–Kier alpha value is -3.30. The van der Waals surface area contributed by atoms with Gasteiger partial charge >= 0.3 is 18.1 Å². The van der Waals surface area contributed by atoms with E-state index in [-0.39, 0.29) is 5.56 Å². The molecule has 7 nitrogen and oxygen atoms in total. The molecule has 2 rings (SSSR count). The summed E-state index contributed by atoms with van der Waals surface area (Å²) in [5.41, 5.74) is 0.0783. The number of alkyl halides is 3. The summed E-state index contributed by atoms with van der Waals surface area (Å²) in [5, 5.41) is 18.5. The van der Waals surface area contributed by atoms with E-state index < -0.39 is 57.3 Å². The van der Waals surface area contributed by atoms with E-state index in [9.17, 15) is 37.8 Å². The van der Waals surface area contributed by atoms with Crippen LogP contribution >= 0.6 is 0 Å². The maximum atomic E-state index is 13.1. The molecule has 5 N–H and O–H groups in total. The number of H-pyrrole nitrogens is 1. The molecule has 0 saturated carbocycles. The average molecular weight is 356 g/mol. The number of nitrogens with two attached hydrogens (primary N) is 1. The number of nitrogens with one attached hydrogen (secondary N) is 1. The van der Waals surface area contributed by atoms with E-state index >= 15 is 0 Å². The zero-order valence-electron chi connectivity index (χ0n) is 12.6. The number of benzene rings is 1. The van der Waals surface area contributed by atoms with Gasteiger partial charge in [0.2, 0.25) is 0 Å². The van der Waals surface area contributed by atoms with Gasteiger partial charge in [-0.25, -0.2) is 9.59 Å². The highest BCUT2D eigenvalue weighted by molar-refractivity contribution is 6.07. The topological polar surface area (TPSA) is 133 Å². The van der Waals surface area contributed by atoms with Crippen LogP contribution in [0.3, 0.4) is 0 Å². The van der Waals surface area contributed by atoms with Crippen LogP contribution in [-0.2, 0) is 6.18 Å². The van der Waals surface area contributed by atoms with Crippen molar-refractivity contribution >= 4 is 17.8 Å². The molecule has 0 aliphatic rings. The second kappa shape index (κ2) is 5.96. The molecule has 1 heterocycles. The number of aromatic carboxylic acids is 2. The molecule has 1 aromatic carbocycles. The van der Waals surface area contributed by atoms with Crippen molar-refractivity contribution in [3.63, 3.8) is 0 Å². The first kappa shape index (κ1) is 18.0. The van der Waals surface area contributed by atoms with Crippen molar-refractivity contribution in [3.05, 3.63) is 50.8 Å². The van der Waals surface area contributed by atoms with Crippen LogP contribution in [-0.4, -0.2) is 27.1 Å². The fourth-order valence-corrected chi connectivity index (χ4v) is 2.42. The van der Waals surface area contributed by atoms with Gasteiger partial charge < -0.3 is 20.9 Å². The molecule has 0 fully saturated rings. The number of hydrogen-bond acceptors (Lipinski definition) is 4. The summed E-state index contributed by atoms with van der Waals surface area (Å²) in [6.45, 7) is 1.19. The summed E-state index contributed by atoms with van der Waals surface area (Å²) in [4.78, 5) is 36.6. The van der Waals surface area contributed by atoms with E-state index in [1.807, 2.05) is 4.98 Å². The largest absolute Gasteiger partial charge is 0.478 e. The number of aromatic amines is 1. The number of carboxylic acid groups (broad SMARTS) is 2. The van der Waals surface area contributed by atoms with Crippen LogP contribution in [0.15, 0.2) is 23.0 Å². The Morgan fingerprint density at radius 3 is 2.16 bits per heavy atom. The monoisotopic (exact) mass is 356 g/mol. The molecule has 0 aliphatic carbocycles. The summed E-state index contributed by atoms with van der Waals surface area (Å²) in [6.07, 6.45) is -4.75. The number of carbonyl (C=O) groups is 2. The number of nitrogen functional groups attached to an aromatic ring is 1. The van der Waals surface area contributed by atoms with Gasteiger partial charge in [0.15, 0.2) is 0 Å². The zero-order chi connectivity index (χ0) is 19.1. The fraction of sp³-hybridized carbons (Fsp3) is 0.133. The second-order valence-electron chi connectivity index (χ2n) is 5.13. The number of anilines is 1. The third-order valence-corrected chi connectivity index (χ3v) is 3.50. The molecule has 0 aliphatic heterocycles. The maximum absolute atomic E-state index is 13.1. The van der Waals surface area contributed by atoms with Crippen molar-refractivity contribution < 1.29 is 33.0 Å². The molecule has 0 atom stereocenters. The molecule has 1 aromatic heterocycles. The molecule has 0 unspecified atom stereocenters. The van der Waals surface area contributed by atoms with Crippen LogP contribution < -0.4 is 11.3 Å². The van der Waals surface area contributed by atoms with E-state index in [1.165, 1.54) is 6.92 Å². The van der Waals surface area contributed by atoms with Gasteiger partial charge in [-0.15, -0.1) is 0 Å². The highest BCUT2D eigenvalue weighted by atomic mass is 19.4. The van der Waals surface area contributed by atoms with Gasteiger partial charge in [-0.3, -0.25) is 4.79 Å². The van der Waals surface area contributed by atoms with Crippen molar-refractivity contribution in [3.8, 4) is 11.1 Å². The SMILES string of the molecule is Cc1ccc(-c2c(C(=O)O)c(N)[nH]c(=O)c2C(=O)O)cc1C(F)(F)F. The quantitative estimate of drug-likeness (QED) is 0.667. The standard InChI is InChI=1S/C15H11F3N2O5/c1-5-2-3-6(4-7(5)15(16,17)18)8-9(13(22)23)11(19)20-12(21)10(8)14(24)25/h2-4H,1H3,(H,22,23)(H,24,25)(H3,19,20,21). The Balaban J connectivity index is 2.99. The minimum Gasteiger partial charge on any atom is -0.478 e. The van der Waals surface area contributed by atoms with Gasteiger partial charge in [0.05, 0.1) is 5.56 Å². The van der Waals surface area contributed by atoms with Gasteiger partial charge in [-0.05, 0) is 24.1 Å². The third-order valence-electron chi connectivity index (χ3n) is 3.50. The molecule has 0 spiro atoms. The Morgan fingerprint density at radius 2 is 1.68 bits per heavy atom. The summed E-state index contributed by atoms with van der Waals surface area (Å²) < 4.78 is 39.3. The molecule has 132 valence electrons. The highest BCUT2D eigenvalue weighted by Crippen LogP contribution is 2.36. The smallest absolute Gasteiger partial charge is 0.416 e. The lowest BCUT2D eigenvalue weighted by Gasteiger charge is -2.15. The number of halogens is 3. The predicted octanol–water partition coefficient (Wildman–Crippen LogP) is 2.35. The number of pyridine rings is 1. The molecular weight excluding hydrogens is 345 g/mol. The van der Waals surface area contributed by atoms with Crippen LogP contribution in [0, 0.1) is 6.92 Å². The van der Waals surface area contributed by atoms with E-state index in [1.54, 1.807) is 0 Å². The first-order valence-corrected chi connectivity index (χ1v) is 6.65. The van der Waals surface area contributed by atoms with E-state index in [4.69, 9.17) is 5.73 Å². The van der Waals surface area contributed by atoms with Crippen molar-refractivity contribution in [1.82, 2.24) is 4.98 Å². The Kier molecular flexibility index (Phi) is 4.31. The van der Waals surface area contributed by atoms with E-state index in [0.717, 1.165) is 12.1 Å². The lowest BCUT2D eigenvalue weighted by atomic mass is 9.93. The first-order valence-electron chi connectivity index (χ1n) is 6.65. The second-order valence-corrected chi connectivity index (χ2v) is 5.13. The number of rotatable bonds is 3.